The summed E-state index contributed by atoms with van der Waals surface area (Å²) in [6.07, 6.45) is 3.37. The summed E-state index contributed by atoms with van der Waals surface area (Å²) in [6.45, 7) is 1.94. The van der Waals surface area contributed by atoms with Crippen molar-refractivity contribution in [2.24, 2.45) is 7.05 Å². The number of halogens is 1. The van der Waals surface area contributed by atoms with Crippen LogP contribution in [0.25, 0.3) is 0 Å². The lowest BCUT2D eigenvalue weighted by atomic mass is 10.1. The molecule has 0 spiro atoms. The molecule has 3 aromatic rings. The van der Waals surface area contributed by atoms with E-state index in [1.807, 2.05) is 25.1 Å². The van der Waals surface area contributed by atoms with E-state index in [1.165, 1.54) is 6.07 Å². The predicted molar refractivity (Wildman–Crippen MR) is 94.8 cm³/mol. The van der Waals surface area contributed by atoms with Crippen molar-refractivity contribution in [2.75, 3.05) is 5.32 Å². The SMILES string of the molecule is Cc1cccc(NC(=O)N[C@H](c2ccccc2F)c2nccn2C)c1. The maximum Gasteiger partial charge on any atom is 0.320 e. The Balaban J connectivity index is 1.87. The average Bonchev–Trinajstić information content (AvgIpc) is 2.99. The topological polar surface area (TPSA) is 59.0 Å². The number of nitrogens with one attached hydrogen (secondary N) is 2. The molecule has 0 bridgehead atoms. The normalized spacial score (nSPS) is 11.8. The molecule has 5 nitrogen and oxygen atoms in total. The van der Waals surface area contributed by atoms with Gasteiger partial charge < -0.3 is 15.2 Å². The van der Waals surface area contributed by atoms with Crippen molar-refractivity contribution in [3.8, 4) is 0 Å². The van der Waals surface area contributed by atoms with Gasteiger partial charge in [0.2, 0.25) is 0 Å². The van der Waals surface area contributed by atoms with Crippen LogP contribution in [0.5, 0.6) is 0 Å². The van der Waals surface area contributed by atoms with Crippen molar-refractivity contribution < 1.29 is 9.18 Å². The lowest BCUT2D eigenvalue weighted by Crippen LogP contribution is -2.35. The minimum absolute atomic E-state index is 0.358. The third-order valence-corrected chi connectivity index (χ3v) is 3.88. The van der Waals surface area contributed by atoms with Gasteiger partial charge in [0, 0.05) is 30.7 Å². The number of hydrogen-bond donors (Lipinski definition) is 2. The number of anilines is 1. The summed E-state index contributed by atoms with van der Waals surface area (Å²) in [6, 6.07) is 12.7. The number of nitrogens with zero attached hydrogens (tertiary/aromatic N) is 2. The van der Waals surface area contributed by atoms with Gasteiger partial charge in [-0.05, 0) is 30.7 Å². The zero-order valence-corrected chi connectivity index (χ0v) is 14.0. The highest BCUT2D eigenvalue weighted by molar-refractivity contribution is 5.89. The maximum absolute atomic E-state index is 14.3. The van der Waals surface area contributed by atoms with Gasteiger partial charge in [-0.1, -0.05) is 30.3 Å². The zero-order chi connectivity index (χ0) is 17.8. The Morgan fingerprint density at radius 3 is 2.68 bits per heavy atom. The zero-order valence-electron chi connectivity index (χ0n) is 14.0. The molecule has 25 heavy (non-hydrogen) atoms. The first kappa shape index (κ1) is 16.7. The number of imidazole rings is 1. The molecule has 1 atom stereocenters. The highest BCUT2D eigenvalue weighted by Gasteiger charge is 2.23. The molecule has 0 aliphatic rings. The Morgan fingerprint density at radius 1 is 1.20 bits per heavy atom. The molecule has 0 saturated heterocycles. The number of urea groups is 1. The van der Waals surface area contributed by atoms with E-state index in [0.29, 0.717) is 17.1 Å². The van der Waals surface area contributed by atoms with E-state index in [2.05, 4.69) is 15.6 Å². The van der Waals surface area contributed by atoms with Gasteiger partial charge in [0.15, 0.2) is 0 Å². The highest BCUT2D eigenvalue weighted by Crippen LogP contribution is 2.23. The third kappa shape index (κ3) is 3.85. The summed E-state index contributed by atoms with van der Waals surface area (Å²) < 4.78 is 16.0. The number of rotatable bonds is 4. The molecule has 0 fully saturated rings. The molecule has 2 N–H and O–H groups in total. The van der Waals surface area contributed by atoms with Gasteiger partial charge in [0.05, 0.1) is 0 Å². The fourth-order valence-electron chi connectivity index (χ4n) is 2.67. The molecular formula is C19H19FN4O. The van der Waals surface area contributed by atoms with Gasteiger partial charge >= 0.3 is 6.03 Å². The second kappa shape index (κ2) is 7.17. The standard InChI is InChI=1S/C19H19FN4O/c1-13-6-5-7-14(12-13)22-19(25)23-17(18-21-10-11-24(18)2)15-8-3-4-9-16(15)20/h3-12,17H,1-2H3,(H2,22,23,25)/t17-/m1/s1. The second-order valence-electron chi connectivity index (χ2n) is 5.82. The monoisotopic (exact) mass is 338 g/mol. The third-order valence-electron chi connectivity index (χ3n) is 3.88. The number of aromatic nitrogens is 2. The molecule has 0 radical (unpaired) electrons. The number of carbonyl (C=O) groups is 1. The van der Waals surface area contributed by atoms with Crippen molar-refractivity contribution in [3.05, 3.63) is 83.7 Å². The lowest BCUT2D eigenvalue weighted by molar-refractivity contribution is 0.249. The van der Waals surface area contributed by atoms with Crippen molar-refractivity contribution in [2.45, 2.75) is 13.0 Å². The molecule has 3 rings (SSSR count). The van der Waals surface area contributed by atoms with Gasteiger partial charge in [-0.15, -0.1) is 0 Å². The summed E-state index contributed by atoms with van der Waals surface area (Å²) in [5, 5.41) is 5.59. The molecule has 0 saturated carbocycles. The minimum atomic E-state index is -0.703. The number of hydrogen-bond acceptors (Lipinski definition) is 2. The number of benzene rings is 2. The van der Waals surface area contributed by atoms with Crippen LogP contribution < -0.4 is 10.6 Å². The molecule has 1 aromatic heterocycles. The van der Waals surface area contributed by atoms with Gasteiger partial charge in [0.25, 0.3) is 0 Å². The Morgan fingerprint density at radius 2 is 2.00 bits per heavy atom. The van der Waals surface area contributed by atoms with Crippen molar-refractivity contribution in [3.63, 3.8) is 0 Å². The summed E-state index contributed by atoms with van der Waals surface area (Å²) in [5.41, 5.74) is 2.06. The van der Waals surface area contributed by atoms with Crippen LogP contribution in [0.15, 0.2) is 60.9 Å². The molecule has 1 heterocycles. The van der Waals surface area contributed by atoms with Gasteiger partial charge in [-0.25, -0.2) is 14.2 Å². The first-order chi connectivity index (χ1) is 12.0. The summed E-state index contributed by atoms with van der Waals surface area (Å²) in [7, 11) is 1.80. The van der Waals surface area contributed by atoms with Crippen LogP contribution in [-0.4, -0.2) is 15.6 Å². The first-order valence-corrected chi connectivity index (χ1v) is 7.90. The van der Waals surface area contributed by atoms with Crippen molar-refractivity contribution in [1.29, 1.82) is 0 Å². The first-order valence-electron chi connectivity index (χ1n) is 7.90. The van der Waals surface area contributed by atoms with E-state index in [-0.39, 0.29) is 0 Å². The minimum Gasteiger partial charge on any atom is -0.336 e. The van der Waals surface area contributed by atoms with E-state index in [9.17, 15) is 9.18 Å². The number of carbonyl (C=O) groups excluding carboxylic acids is 1. The van der Waals surface area contributed by atoms with Crippen LogP contribution in [0.1, 0.15) is 23.0 Å². The Labute approximate surface area is 145 Å². The van der Waals surface area contributed by atoms with Crippen molar-refractivity contribution >= 4 is 11.7 Å². The molecule has 0 aliphatic carbocycles. The molecule has 0 aliphatic heterocycles. The van der Waals surface area contributed by atoms with E-state index >= 15 is 0 Å². The van der Waals surface area contributed by atoms with Crippen LogP contribution in [0.2, 0.25) is 0 Å². The van der Waals surface area contributed by atoms with Gasteiger partial charge in [-0.3, -0.25) is 0 Å². The van der Waals surface area contributed by atoms with E-state index < -0.39 is 17.9 Å². The summed E-state index contributed by atoms with van der Waals surface area (Å²) in [5.74, 6) is 0.149. The van der Waals surface area contributed by atoms with E-state index in [0.717, 1.165) is 5.56 Å². The van der Waals surface area contributed by atoms with Gasteiger partial charge in [0.1, 0.15) is 17.7 Å². The molecule has 2 amide bonds. The smallest absolute Gasteiger partial charge is 0.320 e. The fourth-order valence-corrected chi connectivity index (χ4v) is 2.67. The number of amides is 2. The molecule has 2 aromatic carbocycles. The molecule has 128 valence electrons. The van der Waals surface area contributed by atoms with Crippen LogP contribution in [0, 0.1) is 12.7 Å². The molecule has 6 heteroatoms. The van der Waals surface area contributed by atoms with E-state index in [1.54, 1.807) is 48.3 Å². The Kier molecular flexibility index (Phi) is 4.79. The Bertz CT molecular complexity index is 890. The quantitative estimate of drug-likeness (QED) is 0.760. The molecule has 0 unspecified atom stereocenters. The maximum atomic E-state index is 14.3. The average molecular weight is 338 g/mol. The van der Waals surface area contributed by atoms with Crippen LogP contribution in [0.3, 0.4) is 0 Å². The lowest BCUT2D eigenvalue weighted by Gasteiger charge is -2.20. The largest absolute Gasteiger partial charge is 0.336 e. The van der Waals surface area contributed by atoms with Gasteiger partial charge in [-0.2, -0.15) is 0 Å². The summed E-state index contributed by atoms with van der Waals surface area (Å²) in [4.78, 5) is 16.7. The van der Waals surface area contributed by atoms with E-state index in [4.69, 9.17) is 0 Å². The fraction of sp³-hybridized carbons (Fsp3) is 0.158. The Hall–Kier alpha value is -3.15. The predicted octanol–water partition coefficient (Wildman–Crippen LogP) is 3.78. The van der Waals surface area contributed by atoms with Crippen LogP contribution in [-0.2, 0) is 7.05 Å². The molecular weight excluding hydrogens is 319 g/mol. The second-order valence-corrected chi connectivity index (χ2v) is 5.82. The van der Waals surface area contributed by atoms with Crippen LogP contribution in [0.4, 0.5) is 14.9 Å². The van der Waals surface area contributed by atoms with Crippen molar-refractivity contribution in [1.82, 2.24) is 14.9 Å². The number of aryl methyl sites for hydroxylation is 2. The highest BCUT2D eigenvalue weighted by atomic mass is 19.1. The summed E-state index contributed by atoms with van der Waals surface area (Å²) >= 11 is 0. The van der Waals surface area contributed by atoms with Crippen LogP contribution >= 0.6 is 0 Å².